The molecule has 0 fully saturated rings. The van der Waals surface area contributed by atoms with Crippen LogP contribution in [0.25, 0.3) is 0 Å². The zero-order valence-corrected chi connectivity index (χ0v) is 6.74. The van der Waals surface area contributed by atoms with E-state index >= 15 is 0 Å². The van der Waals surface area contributed by atoms with Gasteiger partial charge in [0.25, 0.3) is 0 Å². The second-order valence-electron chi connectivity index (χ2n) is 2.79. The summed E-state index contributed by atoms with van der Waals surface area (Å²) in [7, 11) is 0. The summed E-state index contributed by atoms with van der Waals surface area (Å²) in [6.45, 7) is 2.62. The molecule has 1 aliphatic rings. The SMILES string of the molecule is CC1COc2c(N)ncnc2N1. The number of rotatable bonds is 0. The Bertz CT molecular complexity index is 301. The monoisotopic (exact) mass is 166 g/mol. The fourth-order valence-corrected chi connectivity index (χ4v) is 1.12. The highest BCUT2D eigenvalue weighted by atomic mass is 16.5. The van der Waals surface area contributed by atoms with Gasteiger partial charge < -0.3 is 15.8 Å². The highest BCUT2D eigenvalue weighted by Gasteiger charge is 2.18. The number of anilines is 2. The average Bonchev–Trinajstić information content (AvgIpc) is 2.04. The van der Waals surface area contributed by atoms with Gasteiger partial charge in [-0.25, -0.2) is 9.97 Å². The van der Waals surface area contributed by atoms with Crippen LogP contribution >= 0.6 is 0 Å². The molecule has 1 aromatic heterocycles. The average molecular weight is 166 g/mol. The predicted molar refractivity (Wildman–Crippen MR) is 45.0 cm³/mol. The van der Waals surface area contributed by atoms with Gasteiger partial charge in [-0.1, -0.05) is 0 Å². The topological polar surface area (TPSA) is 73.1 Å². The number of hydrogen-bond acceptors (Lipinski definition) is 5. The molecular formula is C7H10N4O. The van der Waals surface area contributed by atoms with Gasteiger partial charge >= 0.3 is 0 Å². The molecular weight excluding hydrogens is 156 g/mol. The molecule has 1 aromatic rings. The van der Waals surface area contributed by atoms with E-state index in [4.69, 9.17) is 10.5 Å². The Morgan fingerprint density at radius 1 is 1.67 bits per heavy atom. The van der Waals surface area contributed by atoms with Crippen LogP contribution in [0.2, 0.25) is 0 Å². The molecule has 0 aromatic carbocycles. The minimum absolute atomic E-state index is 0.270. The Morgan fingerprint density at radius 3 is 3.33 bits per heavy atom. The molecule has 2 heterocycles. The third-order valence-electron chi connectivity index (χ3n) is 1.69. The van der Waals surface area contributed by atoms with Gasteiger partial charge in [-0.05, 0) is 6.92 Å². The number of fused-ring (bicyclic) bond motifs is 1. The van der Waals surface area contributed by atoms with Crippen molar-refractivity contribution in [3.05, 3.63) is 6.33 Å². The summed E-state index contributed by atoms with van der Waals surface area (Å²) in [4.78, 5) is 7.82. The van der Waals surface area contributed by atoms with E-state index in [0.29, 0.717) is 24.0 Å². The van der Waals surface area contributed by atoms with Crippen molar-refractivity contribution < 1.29 is 4.74 Å². The maximum atomic E-state index is 5.57. The number of nitrogens with zero attached hydrogens (tertiary/aromatic N) is 2. The number of aromatic nitrogens is 2. The van der Waals surface area contributed by atoms with Gasteiger partial charge in [0.2, 0.25) is 5.75 Å². The lowest BCUT2D eigenvalue weighted by molar-refractivity contribution is 0.290. The van der Waals surface area contributed by atoms with Crippen LogP contribution in [0.15, 0.2) is 6.33 Å². The highest BCUT2D eigenvalue weighted by molar-refractivity contribution is 5.62. The zero-order chi connectivity index (χ0) is 8.55. The summed E-state index contributed by atoms with van der Waals surface area (Å²) in [6, 6.07) is 0.270. The summed E-state index contributed by atoms with van der Waals surface area (Å²) in [5.74, 6) is 1.64. The summed E-state index contributed by atoms with van der Waals surface area (Å²) >= 11 is 0. The first-order chi connectivity index (χ1) is 5.77. The third kappa shape index (κ3) is 1.03. The maximum Gasteiger partial charge on any atom is 0.204 e. The molecule has 0 spiro atoms. The van der Waals surface area contributed by atoms with Crippen molar-refractivity contribution in [3.8, 4) is 5.75 Å². The molecule has 2 rings (SSSR count). The molecule has 0 aliphatic carbocycles. The second kappa shape index (κ2) is 2.51. The van der Waals surface area contributed by atoms with Crippen LogP contribution in [-0.2, 0) is 0 Å². The van der Waals surface area contributed by atoms with Crippen molar-refractivity contribution in [1.29, 1.82) is 0 Å². The van der Waals surface area contributed by atoms with Gasteiger partial charge in [-0.3, -0.25) is 0 Å². The van der Waals surface area contributed by atoms with Crippen molar-refractivity contribution in [2.24, 2.45) is 0 Å². The van der Waals surface area contributed by atoms with Crippen molar-refractivity contribution in [2.45, 2.75) is 13.0 Å². The molecule has 12 heavy (non-hydrogen) atoms. The Hall–Kier alpha value is -1.52. The first kappa shape index (κ1) is 7.15. The first-order valence-corrected chi connectivity index (χ1v) is 3.77. The van der Waals surface area contributed by atoms with Gasteiger partial charge in [0.1, 0.15) is 12.9 Å². The summed E-state index contributed by atoms with van der Waals surface area (Å²) in [5, 5.41) is 3.14. The molecule has 5 nitrogen and oxygen atoms in total. The van der Waals surface area contributed by atoms with E-state index in [-0.39, 0.29) is 6.04 Å². The van der Waals surface area contributed by atoms with Gasteiger partial charge in [0.05, 0.1) is 6.04 Å². The second-order valence-corrected chi connectivity index (χ2v) is 2.79. The van der Waals surface area contributed by atoms with Crippen LogP contribution in [0.5, 0.6) is 5.75 Å². The number of hydrogen-bond donors (Lipinski definition) is 2. The standard InChI is InChI=1S/C7H10N4O/c1-4-2-12-5-6(8)9-3-10-7(5)11-4/h3-4H,2H2,1H3,(H3,8,9,10,11). The van der Waals surface area contributed by atoms with Crippen molar-refractivity contribution in [1.82, 2.24) is 9.97 Å². The van der Waals surface area contributed by atoms with Crippen molar-refractivity contribution in [2.75, 3.05) is 17.7 Å². The van der Waals surface area contributed by atoms with Crippen molar-refractivity contribution >= 4 is 11.6 Å². The minimum atomic E-state index is 0.270. The lowest BCUT2D eigenvalue weighted by Crippen LogP contribution is -2.29. The van der Waals surface area contributed by atoms with Crippen LogP contribution in [0.4, 0.5) is 11.6 Å². The summed E-state index contributed by atoms with van der Waals surface area (Å²) in [5.41, 5.74) is 5.57. The smallest absolute Gasteiger partial charge is 0.204 e. The Balaban J connectivity index is 2.42. The van der Waals surface area contributed by atoms with Crippen LogP contribution in [-0.4, -0.2) is 22.6 Å². The number of nitrogens with two attached hydrogens (primary N) is 1. The van der Waals surface area contributed by atoms with Crippen LogP contribution in [0.1, 0.15) is 6.92 Å². The maximum absolute atomic E-state index is 5.57. The molecule has 0 radical (unpaired) electrons. The lowest BCUT2D eigenvalue weighted by Gasteiger charge is -2.23. The largest absolute Gasteiger partial charge is 0.484 e. The lowest BCUT2D eigenvalue weighted by atomic mass is 10.3. The van der Waals surface area contributed by atoms with E-state index in [1.807, 2.05) is 6.92 Å². The van der Waals surface area contributed by atoms with E-state index < -0.39 is 0 Å². The number of nitrogen functional groups attached to an aromatic ring is 1. The quantitative estimate of drug-likeness (QED) is 0.578. The molecule has 1 atom stereocenters. The molecule has 0 amide bonds. The summed E-state index contributed by atoms with van der Waals surface area (Å²) in [6.07, 6.45) is 1.42. The summed E-state index contributed by atoms with van der Waals surface area (Å²) < 4.78 is 5.35. The molecule has 1 aliphatic heterocycles. The van der Waals surface area contributed by atoms with E-state index in [9.17, 15) is 0 Å². The molecule has 1 unspecified atom stereocenters. The Kier molecular flexibility index (Phi) is 1.49. The zero-order valence-electron chi connectivity index (χ0n) is 6.74. The van der Waals surface area contributed by atoms with Gasteiger partial charge in [0, 0.05) is 0 Å². The molecule has 3 N–H and O–H groups in total. The van der Waals surface area contributed by atoms with Gasteiger partial charge in [0.15, 0.2) is 11.6 Å². The Morgan fingerprint density at radius 2 is 2.50 bits per heavy atom. The highest BCUT2D eigenvalue weighted by Crippen LogP contribution is 2.30. The molecule has 64 valence electrons. The fraction of sp³-hybridized carbons (Fsp3) is 0.429. The predicted octanol–water partition coefficient (Wildman–Crippen LogP) is 0.252. The molecule has 0 saturated carbocycles. The molecule has 0 bridgehead atoms. The number of ether oxygens (including phenoxy) is 1. The van der Waals surface area contributed by atoms with Gasteiger partial charge in [-0.2, -0.15) is 0 Å². The van der Waals surface area contributed by atoms with Crippen LogP contribution < -0.4 is 15.8 Å². The van der Waals surface area contributed by atoms with Crippen LogP contribution in [0, 0.1) is 0 Å². The van der Waals surface area contributed by atoms with E-state index in [2.05, 4.69) is 15.3 Å². The van der Waals surface area contributed by atoms with Gasteiger partial charge in [-0.15, -0.1) is 0 Å². The van der Waals surface area contributed by atoms with E-state index in [0.717, 1.165) is 0 Å². The van der Waals surface area contributed by atoms with Crippen LogP contribution in [0.3, 0.4) is 0 Å². The van der Waals surface area contributed by atoms with Crippen molar-refractivity contribution in [3.63, 3.8) is 0 Å². The normalized spacial score (nSPS) is 20.6. The minimum Gasteiger partial charge on any atom is -0.484 e. The molecule has 5 heteroatoms. The number of nitrogens with one attached hydrogen (secondary N) is 1. The third-order valence-corrected chi connectivity index (χ3v) is 1.69. The first-order valence-electron chi connectivity index (χ1n) is 3.77. The van der Waals surface area contributed by atoms with E-state index in [1.165, 1.54) is 6.33 Å². The Labute approximate surface area is 70.0 Å². The fourth-order valence-electron chi connectivity index (χ4n) is 1.12. The molecule has 0 saturated heterocycles. The van der Waals surface area contributed by atoms with E-state index in [1.54, 1.807) is 0 Å².